The SMILES string of the molecule is Nc1cc(Cl)nc(CCF)n1. The average molecular weight is 176 g/mol. The molecule has 0 spiro atoms. The van der Waals surface area contributed by atoms with Crippen molar-refractivity contribution in [2.75, 3.05) is 12.4 Å². The predicted molar refractivity (Wildman–Crippen MR) is 41.1 cm³/mol. The third-order valence-electron chi connectivity index (χ3n) is 1.08. The number of hydrogen-bond acceptors (Lipinski definition) is 3. The molecular weight excluding hydrogens is 169 g/mol. The number of aromatic nitrogens is 2. The van der Waals surface area contributed by atoms with Crippen LogP contribution in [0.5, 0.6) is 0 Å². The molecule has 11 heavy (non-hydrogen) atoms. The molecule has 3 nitrogen and oxygen atoms in total. The Morgan fingerprint density at radius 3 is 2.82 bits per heavy atom. The highest BCUT2D eigenvalue weighted by molar-refractivity contribution is 6.29. The summed E-state index contributed by atoms with van der Waals surface area (Å²) in [6.45, 7) is -0.500. The Bertz CT molecular complexity index is 233. The molecule has 0 fully saturated rings. The number of halogens is 2. The molecule has 0 radical (unpaired) electrons. The molecule has 1 heterocycles. The number of nitrogens with zero attached hydrogens (tertiary/aromatic N) is 2. The fourth-order valence-electron chi connectivity index (χ4n) is 0.680. The maximum absolute atomic E-state index is 11.8. The van der Waals surface area contributed by atoms with Crippen molar-refractivity contribution in [3.05, 3.63) is 17.0 Å². The summed E-state index contributed by atoms with van der Waals surface area (Å²) in [6, 6.07) is 1.42. The van der Waals surface area contributed by atoms with Crippen molar-refractivity contribution in [2.45, 2.75) is 6.42 Å². The molecule has 0 unspecified atom stereocenters. The van der Waals surface area contributed by atoms with Crippen molar-refractivity contribution in [1.29, 1.82) is 0 Å². The smallest absolute Gasteiger partial charge is 0.135 e. The van der Waals surface area contributed by atoms with E-state index < -0.39 is 6.67 Å². The van der Waals surface area contributed by atoms with Gasteiger partial charge in [0.1, 0.15) is 16.8 Å². The number of rotatable bonds is 2. The summed E-state index contributed by atoms with van der Waals surface area (Å²) in [7, 11) is 0. The van der Waals surface area contributed by atoms with Gasteiger partial charge in [-0.15, -0.1) is 0 Å². The second-order valence-corrected chi connectivity index (χ2v) is 2.36. The van der Waals surface area contributed by atoms with Crippen molar-refractivity contribution in [1.82, 2.24) is 9.97 Å². The lowest BCUT2D eigenvalue weighted by Gasteiger charge is -1.97. The summed E-state index contributed by atoms with van der Waals surface area (Å²) in [6.07, 6.45) is 0.157. The van der Waals surface area contributed by atoms with E-state index >= 15 is 0 Å². The number of anilines is 1. The van der Waals surface area contributed by atoms with Crippen LogP contribution in [0.15, 0.2) is 6.07 Å². The van der Waals surface area contributed by atoms with Crippen molar-refractivity contribution >= 4 is 17.4 Å². The molecule has 1 aromatic heterocycles. The minimum absolute atomic E-state index is 0.157. The van der Waals surface area contributed by atoms with Gasteiger partial charge in [-0.05, 0) is 0 Å². The monoisotopic (exact) mass is 175 g/mol. The number of alkyl halides is 1. The van der Waals surface area contributed by atoms with Crippen molar-refractivity contribution in [3.8, 4) is 0 Å². The lowest BCUT2D eigenvalue weighted by Crippen LogP contribution is -2.00. The Labute approximate surface area is 68.4 Å². The molecule has 0 saturated carbocycles. The van der Waals surface area contributed by atoms with E-state index in [2.05, 4.69) is 9.97 Å². The highest BCUT2D eigenvalue weighted by Gasteiger charge is 1.99. The van der Waals surface area contributed by atoms with Crippen LogP contribution in [0.1, 0.15) is 5.82 Å². The van der Waals surface area contributed by atoms with Crippen LogP contribution in [0.3, 0.4) is 0 Å². The fourth-order valence-corrected chi connectivity index (χ4v) is 0.890. The van der Waals surface area contributed by atoms with Gasteiger partial charge in [0.05, 0.1) is 6.67 Å². The summed E-state index contributed by atoms with van der Waals surface area (Å²) < 4.78 is 11.8. The largest absolute Gasteiger partial charge is 0.384 e. The number of hydrogen-bond donors (Lipinski definition) is 1. The van der Waals surface area contributed by atoms with Gasteiger partial charge in [-0.1, -0.05) is 11.6 Å². The van der Waals surface area contributed by atoms with Gasteiger partial charge in [0.2, 0.25) is 0 Å². The number of aryl methyl sites for hydroxylation is 1. The van der Waals surface area contributed by atoms with E-state index in [1.807, 2.05) is 0 Å². The van der Waals surface area contributed by atoms with Gasteiger partial charge in [0.25, 0.3) is 0 Å². The third-order valence-corrected chi connectivity index (χ3v) is 1.27. The first-order chi connectivity index (χ1) is 5.22. The molecule has 0 aliphatic carbocycles. The van der Waals surface area contributed by atoms with Crippen molar-refractivity contribution in [3.63, 3.8) is 0 Å². The maximum atomic E-state index is 11.8. The lowest BCUT2D eigenvalue weighted by molar-refractivity contribution is 0.488. The van der Waals surface area contributed by atoms with E-state index in [1.54, 1.807) is 0 Å². The summed E-state index contributed by atoms with van der Waals surface area (Å²) in [5.74, 6) is 0.617. The fraction of sp³-hybridized carbons (Fsp3) is 0.333. The zero-order chi connectivity index (χ0) is 8.27. The zero-order valence-corrected chi connectivity index (χ0v) is 6.48. The molecule has 0 saturated heterocycles. The summed E-state index contributed by atoms with van der Waals surface area (Å²) in [5, 5.41) is 0.251. The summed E-state index contributed by atoms with van der Waals surface area (Å²) in [4.78, 5) is 7.52. The molecule has 0 aliphatic heterocycles. The molecule has 5 heteroatoms. The molecule has 0 bridgehead atoms. The van der Waals surface area contributed by atoms with Gasteiger partial charge in [-0.3, -0.25) is 4.39 Å². The van der Waals surface area contributed by atoms with Gasteiger partial charge in [0.15, 0.2) is 0 Å². The Morgan fingerprint density at radius 2 is 2.27 bits per heavy atom. The first-order valence-corrected chi connectivity index (χ1v) is 3.45. The van der Waals surface area contributed by atoms with Gasteiger partial charge in [0, 0.05) is 12.5 Å². The van der Waals surface area contributed by atoms with E-state index in [0.29, 0.717) is 5.82 Å². The van der Waals surface area contributed by atoms with Crippen LogP contribution in [0.2, 0.25) is 5.15 Å². The quantitative estimate of drug-likeness (QED) is 0.688. The van der Waals surface area contributed by atoms with Crippen molar-refractivity contribution < 1.29 is 4.39 Å². The Hall–Kier alpha value is -0.900. The van der Waals surface area contributed by atoms with Crippen LogP contribution in [-0.4, -0.2) is 16.6 Å². The summed E-state index contributed by atoms with van der Waals surface area (Å²) >= 11 is 5.53. The van der Waals surface area contributed by atoms with Gasteiger partial charge in [-0.2, -0.15) is 0 Å². The minimum atomic E-state index is -0.500. The molecule has 0 aliphatic rings. The Kier molecular flexibility index (Phi) is 2.59. The van der Waals surface area contributed by atoms with E-state index in [9.17, 15) is 4.39 Å². The molecular formula is C6H7ClFN3. The first-order valence-electron chi connectivity index (χ1n) is 3.07. The Balaban J connectivity index is 2.89. The molecule has 0 atom stereocenters. The second kappa shape index (κ2) is 3.48. The van der Waals surface area contributed by atoms with Crippen LogP contribution in [0.25, 0.3) is 0 Å². The molecule has 60 valence electrons. The molecule has 2 N–H and O–H groups in total. The lowest BCUT2D eigenvalue weighted by atomic mass is 10.4. The average Bonchev–Trinajstić information content (AvgIpc) is 1.85. The van der Waals surface area contributed by atoms with Crippen LogP contribution >= 0.6 is 11.6 Å². The standard InChI is InChI=1S/C6H7ClFN3/c7-4-3-5(9)11-6(10-4)1-2-8/h3H,1-2H2,(H2,9,10,11). The molecule has 0 aromatic carbocycles. The highest BCUT2D eigenvalue weighted by Crippen LogP contribution is 2.08. The van der Waals surface area contributed by atoms with Gasteiger partial charge in [-0.25, -0.2) is 9.97 Å². The van der Waals surface area contributed by atoms with Crippen LogP contribution < -0.4 is 5.73 Å². The van der Waals surface area contributed by atoms with Crippen LogP contribution in [-0.2, 0) is 6.42 Å². The van der Waals surface area contributed by atoms with Gasteiger partial charge >= 0.3 is 0 Å². The Morgan fingerprint density at radius 1 is 1.55 bits per heavy atom. The van der Waals surface area contributed by atoms with Crippen LogP contribution in [0, 0.1) is 0 Å². The predicted octanol–water partition coefficient (Wildman–Crippen LogP) is 1.22. The van der Waals surface area contributed by atoms with E-state index in [4.69, 9.17) is 17.3 Å². The number of nitrogen functional groups attached to an aromatic ring is 1. The molecule has 1 aromatic rings. The maximum Gasteiger partial charge on any atom is 0.135 e. The first kappa shape index (κ1) is 8.20. The minimum Gasteiger partial charge on any atom is -0.384 e. The third kappa shape index (κ3) is 2.31. The normalized spacial score (nSPS) is 10.0. The summed E-state index contributed by atoms with van der Waals surface area (Å²) in [5.41, 5.74) is 5.33. The van der Waals surface area contributed by atoms with Gasteiger partial charge < -0.3 is 5.73 Å². The van der Waals surface area contributed by atoms with Crippen molar-refractivity contribution in [2.24, 2.45) is 0 Å². The number of nitrogens with two attached hydrogens (primary N) is 1. The van der Waals surface area contributed by atoms with E-state index in [1.165, 1.54) is 6.07 Å². The molecule has 1 rings (SSSR count). The highest BCUT2D eigenvalue weighted by atomic mass is 35.5. The zero-order valence-electron chi connectivity index (χ0n) is 5.72. The van der Waals surface area contributed by atoms with Crippen LogP contribution in [0.4, 0.5) is 10.2 Å². The molecule has 0 amide bonds. The van der Waals surface area contributed by atoms with E-state index in [0.717, 1.165) is 0 Å². The second-order valence-electron chi connectivity index (χ2n) is 1.97. The van der Waals surface area contributed by atoms with E-state index in [-0.39, 0.29) is 17.4 Å². The topological polar surface area (TPSA) is 51.8 Å².